The Kier molecular flexibility index (Phi) is 6.47. The quantitative estimate of drug-likeness (QED) is 0.485. The van der Waals surface area contributed by atoms with Crippen LogP contribution >= 0.6 is 23.2 Å². The predicted molar refractivity (Wildman–Crippen MR) is 104 cm³/mol. The van der Waals surface area contributed by atoms with E-state index >= 15 is 0 Å². The van der Waals surface area contributed by atoms with Crippen LogP contribution in [0.15, 0.2) is 55.1 Å². The van der Waals surface area contributed by atoms with Gasteiger partial charge in [-0.2, -0.15) is 5.10 Å². The lowest BCUT2D eigenvalue weighted by Crippen LogP contribution is -2.35. The number of aromatic nitrogens is 3. The third-order valence-corrected chi connectivity index (χ3v) is 4.97. The molecule has 0 saturated heterocycles. The van der Waals surface area contributed by atoms with Crippen LogP contribution in [0.3, 0.4) is 0 Å². The Morgan fingerprint density at radius 1 is 1.19 bits per heavy atom. The van der Waals surface area contributed by atoms with Crippen molar-refractivity contribution >= 4 is 23.2 Å². The monoisotopic (exact) mass is 407 g/mol. The molecule has 0 aliphatic carbocycles. The van der Waals surface area contributed by atoms with Crippen molar-refractivity contribution in [3.8, 4) is 0 Å². The van der Waals surface area contributed by atoms with Gasteiger partial charge in [0, 0.05) is 21.2 Å². The molecule has 0 radical (unpaired) electrons. The molecular weight excluding hydrogens is 388 g/mol. The summed E-state index contributed by atoms with van der Waals surface area (Å²) in [6, 6.07) is 11.9. The second-order valence-corrected chi connectivity index (χ2v) is 7.19. The molecule has 3 rings (SSSR count). The fraction of sp³-hybridized carbons (Fsp3) is 0.300. The van der Waals surface area contributed by atoms with Gasteiger partial charge in [0.05, 0.1) is 13.2 Å². The van der Waals surface area contributed by atoms with Crippen LogP contribution in [0.1, 0.15) is 30.9 Å². The molecule has 0 bridgehead atoms. The largest absolute Gasteiger partial charge is 0.364 e. The van der Waals surface area contributed by atoms with Gasteiger partial charge in [-0.25, -0.2) is 14.1 Å². The van der Waals surface area contributed by atoms with Crippen LogP contribution in [-0.2, 0) is 23.5 Å². The molecule has 2 aromatic carbocycles. The zero-order valence-electron chi connectivity index (χ0n) is 14.9. The standard InChI is InChI=1S/C20H20Cl2FN3O/c1-2-9-20(12-26-14-24-13-25-26,17-8-7-16(21)10-18(17)22)27-11-15-5-3-4-6-19(15)23/h3-8,10,13-14H,2,9,11-12H2,1H3. The highest BCUT2D eigenvalue weighted by atomic mass is 35.5. The van der Waals surface area contributed by atoms with E-state index in [4.69, 9.17) is 27.9 Å². The van der Waals surface area contributed by atoms with Gasteiger partial charge >= 0.3 is 0 Å². The lowest BCUT2D eigenvalue weighted by atomic mass is 9.88. The molecule has 0 amide bonds. The second-order valence-electron chi connectivity index (χ2n) is 6.34. The molecule has 27 heavy (non-hydrogen) atoms. The van der Waals surface area contributed by atoms with Gasteiger partial charge in [-0.1, -0.05) is 60.8 Å². The lowest BCUT2D eigenvalue weighted by molar-refractivity contribution is -0.0835. The second kappa shape index (κ2) is 8.83. The van der Waals surface area contributed by atoms with Crippen LogP contribution < -0.4 is 0 Å². The van der Waals surface area contributed by atoms with Crippen molar-refractivity contribution in [3.05, 3.63) is 82.1 Å². The van der Waals surface area contributed by atoms with Gasteiger partial charge in [0.1, 0.15) is 24.1 Å². The van der Waals surface area contributed by atoms with Crippen molar-refractivity contribution in [2.75, 3.05) is 0 Å². The van der Waals surface area contributed by atoms with Gasteiger partial charge in [-0.3, -0.25) is 0 Å². The number of rotatable bonds is 8. The van der Waals surface area contributed by atoms with Gasteiger partial charge in [-0.05, 0) is 24.6 Å². The minimum Gasteiger partial charge on any atom is -0.364 e. The van der Waals surface area contributed by atoms with E-state index in [-0.39, 0.29) is 12.4 Å². The smallest absolute Gasteiger partial charge is 0.137 e. The maximum absolute atomic E-state index is 14.1. The van der Waals surface area contributed by atoms with Crippen LogP contribution in [0, 0.1) is 5.82 Å². The zero-order valence-corrected chi connectivity index (χ0v) is 16.4. The number of benzene rings is 2. The summed E-state index contributed by atoms with van der Waals surface area (Å²) < 4.78 is 22.2. The summed E-state index contributed by atoms with van der Waals surface area (Å²) in [5, 5.41) is 5.26. The number of hydrogen-bond acceptors (Lipinski definition) is 3. The molecule has 7 heteroatoms. The van der Waals surface area contributed by atoms with Crippen LogP contribution in [0.5, 0.6) is 0 Å². The summed E-state index contributed by atoms with van der Waals surface area (Å²) in [5.41, 5.74) is 0.482. The topological polar surface area (TPSA) is 39.9 Å². The van der Waals surface area contributed by atoms with E-state index in [0.717, 1.165) is 12.0 Å². The molecule has 0 spiro atoms. The summed E-state index contributed by atoms with van der Waals surface area (Å²) >= 11 is 12.6. The van der Waals surface area contributed by atoms with E-state index in [0.29, 0.717) is 28.6 Å². The highest BCUT2D eigenvalue weighted by Gasteiger charge is 2.36. The van der Waals surface area contributed by atoms with E-state index < -0.39 is 5.60 Å². The fourth-order valence-electron chi connectivity index (χ4n) is 3.16. The first-order valence-electron chi connectivity index (χ1n) is 8.69. The van der Waals surface area contributed by atoms with E-state index in [2.05, 4.69) is 17.0 Å². The van der Waals surface area contributed by atoms with Crippen molar-refractivity contribution in [2.24, 2.45) is 0 Å². The van der Waals surface area contributed by atoms with Gasteiger partial charge in [0.25, 0.3) is 0 Å². The maximum atomic E-state index is 14.1. The highest BCUT2D eigenvalue weighted by molar-refractivity contribution is 6.35. The average molecular weight is 408 g/mol. The molecular formula is C20H20Cl2FN3O. The number of nitrogens with zero attached hydrogens (tertiary/aromatic N) is 3. The van der Waals surface area contributed by atoms with Gasteiger partial charge < -0.3 is 4.74 Å². The van der Waals surface area contributed by atoms with E-state index in [1.807, 2.05) is 6.07 Å². The van der Waals surface area contributed by atoms with Crippen LogP contribution in [0.4, 0.5) is 4.39 Å². The van der Waals surface area contributed by atoms with Crippen molar-refractivity contribution in [1.82, 2.24) is 14.8 Å². The molecule has 3 aromatic rings. The normalized spacial score (nSPS) is 13.5. The van der Waals surface area contributed by atoms with Crippen molar-refractivity contribution in [2.45, 2.75) is 38.5 Å². The molecule has 1 atom stereocenters. The third kappa shape index (κ3) is 4.67. The summed E-state index contributed by atoms with van der Waals surface area (Å²) in [6.07, 6.45) is 4.60. The van der Waals surface area contributed by atoms with E-state index in [9.17, 15) is 4.39 Å². The molecule has 4 nitrogen and oxygen atoms in total. The Labute approximate surface area is 167 Å². The Hall–Kier alpha value is -1.95. The van der Waals surface area contributed by atoms with Gasteiger partial charge in [0.15, 0.2) is 0 Å². The SMILES string of the molecule is CCCC(Cn1cncn1)(OCc1ccccc1F)c1ccc(Cl)cc1Cl. The van der Waals surface area contributed by atoms with Crippen LogP contribution in [0.25, 0.3) is 0 Å². The van der Waals surface area contributed by atoms with Gasteiger partial charge in [-0.15, -0.1) is 0 Å². The van der Waals surface area contributed by atoms with Crippen molar-refractivity contribution in [1.29, 1.82) is 0 Å². The van der Waals surface area contributed by atoms with Crippen LogP contribution in [-0.4, -0.2) is 14.8 Å². The van der Waals surface area contributed by atoms with Crippen molar-refractivity contribution in [3.63, 3.8) is 0 Å². The molecule has 0 N–H and O–H groups in total. The fourth-order valence-corrected chi connectivity index (χ4v) is 3.75. The first kappa shape index (κ1) is 19.8. The third-order valence-electron chi connectivity index (χ3n) is 4.42. The van der Waals surface area contributed by atoms with Gasteiger partial charge in [0.2, 0.25) is 0 Å². The Bertz CT molecular complexity index is 889. The molecule has 0 saturated carbocycles. The summed E-state index contributed by atoms with van der Waals surface area (Å²) in [5.74, 6) is -0.300. The Morgan fingerprint density at radius 2 is 2.00 bits per heavy atom. The molecule has 0 fully saturated rings. The minimum absolute atomic E-state index is 0.111. The number of hydrogen-bond donors (Lipinski definition) is 0. The first-order chi connectivity index (χ1) is 13.0. The summed E-state index contributed by atoms with van der Waals surface area (Å²) in [7, 11) is 0. The average Bonchev–Trinajstić information content (AvgIpc) is 3.14. The Balaban J connectivity index is 2.01. The maximum Gasteiger partial charge on any atom is 0.137 e. The summed E-state index contributed by atoms with van der Waals surface area (Å²) in [4.78, 5) is 4.01. The minimum atomic E-state index is -0.799. The summed E-state index contributed by atoms with van der Waals surface area (Å²) in [6.45, 7) is 2.57. The molecule has 1 aromatic heterocycles. The molecule has 1 heterocycles. The van der Waals surface area contributed by atoms with E-state index in [1.165, 1.54) is 12.4 Å². The predicted octanol–water partition coefficient (Wildman–Crippen LogP) is 5.64. The van der Waals surface area contributed by atoms with Crippen LogP contribution in [0.2, 0.25) is 10.0 Å². The highest BCUT2D eigenvalue weighted by Crippen LogP contribution is 2.39. The Morgan fingerprint density at radius 3 is 2.67 bits per heavy atom. The number of halogens is 3. The molecule has 0 aliphatic heterocycles. The lowest BCUT2D eigenvalue weighted by Gasteiger charge is -2.35. The van der Waals surface area contributed by atoms with E-state index in [1.54, 1.807) is 41.3 Å². The number of ether oxygens (including phenoxy) is 1. The zero-order chi connectivity index (χ0) is 19.3. The molecule has 0 aliphatic rings. The van der Waals surface area contributed by atoms with Crippen molar-refractivity contribution < 1.29 is 9.13 Å². The first-order valence-corrected chi connectivity index (χ1v) is 9.45. The molecule has 142 valence electrons. The molecule has 1 unspecified atom stereocenters.